The third-order valence-electron chi connectivity index (χ3n) is 5.01. The van der Waals surface area contributed by atoms with Gasteiger partial charge in [0.05, 0.1) is 0 Å². The Morgan fingerprint density at radius 1 is 1.29 bits per heavy atom. The van der Waals surface area contributed by atoms with Crippen LogP contribution in [0.2, 0.25) is 0 Å². The predicted molar refractivity (Wildman–Crippen MR) is 90.7 cm³/mol. The molecule has 1 unspecified atom stereocenters. The zero-order valence-electron chi connectivity index (χ0n) is 14.1. The molecule has 1 fully saturated rings. The lowest BCUT2D eigenvalue weighted by molar-refractivity contribution is 0.124. The number of likely N-dealkylation sites (N-methyl/N-ethyl adjacent to an activating group) is 2. The second-order valence-corrected chi connectivity index (χ2v) is 6.30. The molecule has 1 aliphatic rings. The Labute approximate surface area is 130 Å². The Balaban J connectivity index is 1.94. The van der Waals surface area contributed by atoms with Crippen LogP contribution in [-0.2, 0) is 0 Å². The molecule has 2 rings (SSSR count). The molecule has 118 valence electrons. The van der Waals surface area contributed by atoms with Gasteiger partial charge in [-0.05, 0) is 64.6 Å². The van der Waals surface area contributed by atoms with Gasteiger partial charge < -0.3 is 15.1 Å². The van der Waals surface area contributed by atoms with Crippen molar-refractivity contribution in [1.82, 2.24) is 15.1 Å². The second kappa shape index (κ2) is 7.92. The topological polar surface area (TPSA) is 18.5 Å². The maximum Gasteiger partial charge on any atom is 0.0449 e. The summed E-state index contributed by atoms with van der Waals surface area (Å²) < 4.78 is 0. The van der Waals surface area contributed by atoms with Crippen LogP contribution in [0.5, 0.6) is 0 Å². The molecule has 1 aliphatic heterocycles. The zero-order valence-corrected chi connectivity index (χ0v) is 14.1. The largest absolute Gasteiger partial charge is 0.312 e. The van der Waals surface area contributed by atoms with E-state index in [-0.39, 0.29) is 0 Å². The fourth-order valence-electron chi connectivity index (χ4n) is 3.44. The van der Waals surface area contributed by atoms with Crippen LogP contribution in [0.15, 0.2) is 24.3 Å². The minimum absolute atomic E-state index is 0.417. The average Bonchev–Trinajstić information content (AvgIpc) is 2.53. The first-order chi connectivity index (χ1) is 10.2. The molecular formula is C18H31N3. The maximum atomic E-state index is 3.50. The van der Waals surface area contributed by atoms with E-state index in [9.17, 15) is 0 Å². The number of nitrogens with one attached hydrogen (secondary N) is 1. The first kappa shape index (κ1) is 16.5. The van der Waals surface area contributed by atoms with Crippen molar-refractivity contribution in [3.63, 3.8) is 0 Å². The number of piperidine rings is 1. The molecule has 0 bridgehead atoms. The Kier molecular flexibility index (Phi) is 6.22. The molecule has 1 aromatic carbocycles. The van der Waals surface area contributed by atoms with E-state index in [1.54, 1.807) is 0 Å². The summed E-state index contributed by atoms with van der Waals surface area (Å²) >= 11 is 0. The van der Waals surface area contributed by atoms with Crippen LogP contribution in [0.25, 0.3) is 0 Å². The highest BCUT2D eigenvalue weighted by molar-refractivity contribution is 5.29. The summed E-state index contributed by atoms with van der Waals surface area (Å²) in [5.74, 6) is 0. The van der Waals surface area contributed by atoms with Gasteiger partial charge in [0.2, 0.25) is 0 Å². The third kappa shape index (κ3) is 4.29. The molecule has 1 aromatic rings. The summed E-state index contributed by atoms with van der Waals surface area (Å²) in [6.07, 6.45) is 2.60. The molecular weight excluding hydrogens is 258 g/mol. The van der Waals surface area contributed by atoms with E-state index in [2.05, 4.69) is 67.3 Å². The first-order valence-electron chi connectivity index (χ1n) is 8.31. The maximum absolute atomic E-state index is 3.50. The Morgan fingerprint density at radius 2 is 1.95 bits per heavy atom. The molecule has 21 heavy (non-hydrogen) atoms. The first-order valence-corrected chi connectivity index (χ1v) is 8.31. The molecule has 0 spiro atoms. The van der Waals surface area contributed by atoms with Crippen LogP contribution >= 0.6 is 0 Å². The highest BCUT2D eigenvalue weighted by atomic mass is 15.2. The minimum atomic E-state index is 0.417. The predicted octanol–water partition coefficient (Wildman–Crippen LogP) is 2.67. The van der Waals surface area contributed by atoms with Gasteiger partial charge in [-0.1, -0.05) is 31.2 Å². The lowest BCUT2D eigenvalue weighted by atomic mass is 9.98. The van der Waals surface area contributed by atoms with Crippen LogP contribution < -0.4 is 5.32 Å². The van der Waals surface area contributed by atoms with Gasteiger partial charge >= 0.3 is 0 Å². The molecule has 1 heterocycles. The highest BCUT2D eigenvalue weighted by Crippen LogP contribution is 2.21. The van der Waals surface area contributed by atoms with Crippen molar-refractivity contribution in [3.8, 4) is 0 Å². The number of rotatable bonds is 6. The number of hydrogen-bond donors (Lipinski definition) is 1. The quantitative estimate of drug-likeness (QED) is 0.868. The normalized spacial score (nSPS) is 19.1. The lowest BCUT2D eigenvalue weighted by Crippen LogP contribution is -2.45. The summed E-state index contributed by atoms with van der Waals surface area (Å²) in [5, 5.41) is 3.50. The third-order valence-corrected chi connectivity index (χ3v) is 5.01. The fraction of sp³-hybridized carbons (Fsp3) is 0.667. The van der Waals surface area contributed by atoms with Gasteiger partial charge in [-0.15, -0.1) is 0 Å². The van der Waals surface area contributed by atoms with Crippen molar-refractivity contribution in [1.29, 1.82) is 0 Å². The Bertz CT molecular complexity index is 424. The van der Waals surface area contributed by atoms with Crippen LogP contribution in [0.3, 0.4) is 0 Å². The van der Waals surface area contributed by atoms with Crippen LogP contribution in [0.4, 0.5) is 0 Å². The Hall–Kier alpha value is -0.900. The number of aryl methyl sites for hydroxylation is 1. The van der Waals surface area contributed by atoms with Crippen molar-refractivity contribution in [2.75, 3.05) is 40.3 Å². The molecule has 0 aromatic heterocycles. The monoisotopic (exact) mass is 289 g/mol. The van der Waals surface area contributed by atoms with Crippen molar-refractivity contribution in [2.24, 2.45) is 0 Å². The van der Waals surface area contributed by atoms with E-state index in [0.29, 0.717) is 6.04 Å². The molecule has 0 amide bonds. The van der Waals surface area contributed by atoms with Gasteiger partial charge in [-0.2, -0.15) is 0 Å². The minimum Gasteiger partial charge on any atom is -0.312 e. The molecule has 1 saturated heterocycles. The summed E-state index contributed by atoms with van der Waals surface area (Å²) in [7, 11) is 4.36. The summed E-state index contributed by atoms with van der Waals surface area (Å²) in [4.78, 5) is 5.11. The van der Waals surface area contributed by atoms with E-state index in [0.717, 1.165) is 12.6 Å². The summed E-state index contributed by atoms with van der Waals surface area (Å²) in [5.41, 5.74) is 2.81. The summed E-state index contributed by atoms with van der Waals surface area (Å²) in [6, 6.07) is 9.87. The molecule has 0 saturated carbocycles. The standard InChI is InChI=1S/C18H31N3/c1-5-21-12-10-16(11-13-21)20(4)14-18(19-3)17-9-7-6-8-15(17)2/h6-9,16,18-19H,5,10-14H2,1-4H3. The lowest BCUT2D eigenvalue weighted by Gasteiger charge is -2.38. The SMILES string of the molecule is CCN1CCC(N(C)CC(NC)c2ccccc2C)CC1. The van der Waals surface area contributed by atoms with Crippen molar-refractivity contribution in [3.05, 3.63) is 35.4 Å². The van der Waals surface area contributed by atoms with Crippen LogP contribution in [0, 0.1) is 6.92 Å². The molecule has 1 N–H and O–H groups in total. The van der Waals surface area contributed by atoms with Gasteiger partial charge in [-0.25, -0.2) is 0 Å². The smallest absolute Gasteiger partial charge is 0.0449 e. The number of hydrogen-bond acceptors (Lipinski definition) is 3. The molecule has 1 atom stereocenters. The van der Waals surface area contributed by atoms with E-state index in [1.807, 2.05) is 0 Å². The Morgan fingerprint density at radius 3 is 2.52 bits per heavy atom. The van der Waals surface area contributed by atoms with Gasteiger partial charge in [0.25, 0.3) is 0 Å². The number of benzene rings is 1. The fourth-order valence-corrected chi connectivity index (χ4v) is 3.44. The summed E-state index contributed by atoms with van der Waals surface area (Å²) in [6.45, 7) is 9.25. The molecule has 3 heteroatoms. The number of nitrogens with zero attached hydrogens (tertiary/aromatic N) is 2. The zero-order chi connectivity index (χ0) is 15.2. The van der Waals surface area contributed by atoms with E-state index in [1.165, 1.54) is 43.6 Å². The molecule has 0 aliphatic carbocycles. The van der Waals surface area contributed by atoms with Gasteiger partial charge in [0, 0.05) is 18.6 Å². The van der Waals surface area contributed by atoms with Crippen LogP contribution in [0.1, 0.15) is 36.9 Å². The van der Waals surface area contributed by atoms with E-state index in [4.69, 9.17) is 0 Å². The van der Waals surface area contributed by atoms with Gasteiger partial charge in [-0.3, -0.25) is 0 Å². The van der Waals surface area contributed by atoms with Gasteiger partial charge in [0.1, 0.15) is 0 Å². The van der Waals surface area contributed by atoms with Crippen molar-refractivity contribution < 1.29 is 0 Å². The highest BCUT2D eigenvalue weighted by Gasteiger charge is 2.23. The van der Waals surface area contributed by atoms with E-state index < -0.39 is 0 Å². The molecule has 0 radical (unpaired) electrons. The van der Waals surface area contributed by atoms with Crippen molar-refractivity contribution in [2.45, 2.75) is 38.8 Å². The van der Waals surface area contributed by atoms with Crippen molar-refractivity contribution >= 4 is 0 Å². The average molecular weight is 289 g/mol. The second-order valence-electron chi connectivity index (χ2n) is 6.30. The number of likely N-dealkylation sites (tertiary alicyclic amines) is 1. The molecule has 3 nitrogen and oxygen atoms in total. The van der Waals surface area contributed by atoms with E-state index >= 15 is 0 Å². The van der Waals surface area contributed by atoms with Gasteiger partial charge in [0.15, 0.2) is 0 Å². The van der Waals surface area contributed by atoms with Crippen LogP contribution in [-0.4, -0.2) is 56.1 Å².